The Bertz CT molecular complexity index is 664. The van der Waals surface area contributed by atoms with Gasteiger partial charge in [0.15, 0.2) is 0 Å². The molecule has 0 aliphatic heterocycles. The van der Waals surface area contributed by atoms with Crippen molar-refractivity contribution in [1.82, 2.24) is 0 Å². The zero-order chi connectivity index (χ0) is 14.0. The Morgan fingerprint density at radius 3 is 2.11 bits per heavy atom. The molecule has 0 atom stereocenters. The first-order valence-electron chi connectivity index (χ1n) is 5.36. The highest BCUT2D eigenvalue weighted by molar-refractivity contribution is 6.02. The van der Waals surface area contributed by atoms with E-state index >= 15 is 0 Å². The molecule has 2 aromatic rings. The van der Waals surface area contributed by atoms with Crippen molar-refractivity contribution in [2.75, 3.05) is 0 Å². The van der Waals surface area contributed by atoms with Crippen molar-refractivity contribution in [1.29, 1.82) is 0 Å². The number of benzene rings is 2. The normalized spacial score (nSPS) is 10.2. The van der Waals surface area contributed by atoms with Crippen molar-refractivity contribution in [3.05, 3.63) is 59.4 Å². The Kier molecular flexibility index (Phi) is 3.29. The summed E-state index contributed by atoms with van der Waals surface area (Å²) in [5, 5.41) is 17.9. The van der Waals surface area contributed by atoms with Gasteiger partial charge in [-0.3, -0.25) is 0 Å². The highest BCUT2D eigenvalue weighted by Crippen LogP contribution is 2.25. The predicted octanol–water partition coefficient (Wildman–Crippen LogP) is 2.89. The van der Waals surface area contributed by atoms with Crippen molar-refractivity contribution < 1.29 is 24.2 Å². The molecule has 0 spiro atoms. The van der Waals surface area contributed by atoms with Gasteiger partial charge in [-0.1, -0.05) is 24.3 Å². The van der Waals surface area contributed by atoms with Crippen LogP contribution < -0.4 is 0 Å². The molecular formula is C14H9FO4. The Morgan fingerprint density at radius 2 is 1.53 bits per heavy atom. The average molecular weight is 260 g/mol. The fourth-order valence-electron chi connectivity index (χ4n) is 1.77. The summed E-state index contributed by atoms with van der Waals surface area (Å²) in [7, 11) is 0. The molecular weight excluding hydrogens is 251 g/mol. The average Bonchev–Trinajstić information content (AvgIpc) is 2.38. The van der Waals surface area contributed by atoms with E-state index in [2.05, 4.69) is 0 Å². The van der Waals surface area contributed by atoms with Crippen LogP contribution in [0.25, 0.3) is 11.1 Å². The van der Waals surface area contributed by atoms with Gasteiger partial charge in [-0.25, -0.2) is 14.0 Å². The standard InChI is InChI=1S/C14H9FO4/c15-12-4-2-1-3-9(12)8-5-6-10(13(16)17)11(7-8)14(18)19/h1-7H,(H,16,17)(H,18,19). The molecule has 2 aromatic carbocycles. The topological polar surface area (TPSA) is 74.6 Å². The maximum atomic E-state index is 13.6. The van der Waals surface area contributed by atoms with E-state index in [1.807, 2.05) is 0 Å². The van der Waals surface area contributed by atoms with Crippen LogP contribution >= 0.6 is 0 Å². The summed E-state index contributed by atoms with van der Waals surface area (Å²) in [6, 6.07) is 9.58. The molecule has 0 aliphatic rings. The Labute approximate surface area is 107 Å². The molecule has 96 valence electrons. The molecule has 0 aromatic heterocycles. The molecule has 0 saturated carbocycles. The van der Waals surface area contributed by atoms with E-state index in [0.29, 0.717) is 5.56 Å². The molecule has 0 heterocycles. The SMILES string of the molecule is O=C(O)c1ccc(-c2ccccc2F)cc1C(=O)O. The van der Waals surface area contributed by atoms with Crippen molar-refractivity contribution in [3.8, 4) is 11.1 Å². The van der Waals surface area contributed by atoms with Gasteiger partial charge in [-0.2, -0.15) is 0 Å². The van der Waals surface area contributed by atoms with E-state index in [9.17, 15) is 14.0 Å². The lowest BCUT2D eigenvalue weighted by Crippen LogP contribution is -2.08. The fraction of sp³-hybridized carbons (Fsp3) is 0. The van der Waals surface area contributed by atoms with Crippen LogP contribution in [-0.2, 0) is 0 Å². The second kappa shape index (κ2) is 4.89. The summed E-state index contributed by atoms with van der Waals surface area (Å²) in [6.07, 6.45) is 0. The molecule has 0 radical (unpaired) electrons. The third-order valence-electron chi connectivity index (χ3n) is 2.67. The van der Waals surface area contributed by atoms with Crippen LogP contribution in [0.15, 0.2) is 42.5 Å². The minimum Gasteiger partial charge on any atom is -0.478 e. The minimum absolute atomic E-state index is 0.224. The summed E-state index contributed by atoms with van der Waals surface area (Å²) < 4.78 is 13.6. The molecule has 19 heavy (non-hydrogen) atoms. The maximum absolute atomic E-state index is 13.6. The summed E-state index contributed by atoms with van der Waals surface area (Å²) in [4.78, 5) is 21.9. The van der Waals surface area contributed by atoms with E-state index in [1.54, 1.807) is 6.07 Å². The zero-order valence-corrected chi connectivity index (χ0v) is 9.63. The zero-order valence-electron chi connectivity index (χ0n) is 9.63. The number of aromatic carboxylic acids is 2. The monoisotopic (exact) mass is 260 g/mol. The van der Waals surface area contributed by atoms with Gasteiger partial charge in [0.25, 0.3) is 0 Å². The van der Waals surface area contributed by atoms with Crippen LogP contribution in [0.1, 0.15) is 20.7 Å². The molecule has 0 aliphatic carbocycles. The second-order valence-corrected chi connectivity index (χ2v) is 3.85. The molecule has 0 bridgehead atoms. The molecule has 5 heteroatoms. The summed E-state index contributed by atoms with van der Waals surface area (Å²) in [5.74, 6) is -3.20. The second-order valence-electron chi connectivity index (χ2n) is 3.85. The van der Waals surface area contributed by atoms with Crippen LogP contribution in [-0.4, -0.2) is 22.2 Å². The van der Waals surface area contributed by atoms with Gasteiger partial charge < -0.3 is 10.2 Å². The van der Waals surface area contributed by atoms with Crippen LogP contribution in [0.3, 0.4) is 0 Å². The van der Waals surface area contributed by atoms with Crippen molar-refractivity contribution in [2.24, 2.45) is 0 Å². The lowest BCUT2D eigenvalue weighted by atomic mass is 9.99. The Balaban J connectivity index is 2.62. The molecule has 4 nitrogen and oxygen atoms in total. The lowest BCUT2D eigenvalue weighted by Gasteiger charge is -2.07. The van der Waals surface area contributed by atoms with Crippen LogP contribution in [0.2, 0.25) is 0 Å². The molecule has 0 saturated heterocycles. The van der Waals surface area contributed by atoms with Gasteiger partial charge in [0.05, 0.1) is 11.1 Å². The van der Waals surface area contributed by atoms with Crippen LogP contribution in [0.5, 0.6) is 0 Å². The van der Waals surface area contributed by atoms with E-state index in [-0.39, 0.29) is 16.7 Å². The summed E-state index contributed by atoms with van der Waals surface area (Å²) >= 11 is 0. The lowest BCUT2D eigenvalue weighted by molar-refractivity contribution is 0.0651. The largest absolute Gasteiger partial charge is 0.478 e. The van der Waals surface area contributed by atoms with Gasteiger partial charge >= 0.3 is 11.9 Å². The van der Waals surface area contributed by atoms with Gasteiger partial charge in [0, 0.05) is 5.56 Å². The van der Waals surface area contributed by atoms with E-state index in [4.69, 9.17) is 10.2 Å². The molecule has 0 unspecified atom stereocenters. The third kappa shape index (κ3) is 2.44. The smallest absolute Gasteiger partial charge is 0.336 e. The first kappa shape index (κ1) is 12.8. The molecule has 2 N–H and O–H groups in total. The number of carbonyl (C=O) groups is 2. The van der Waals surface area contributed by atoms with E-state index < -0.39 is 17.8 Å². The summed E-state index contributed by atoms with van der Waals surface area (Å²) in [6.45, 7) is 0. The summed E-state index contributed by atoms with van der Waals surface area (Å²) in [5.41, 5.74) is -0.150. The number of halogens is 1. The quantitative estimate of drug-likeness (QED) is 0.889. The number of carboxylic acid groups (broad SMARTS) is 2. The third-order valence-corrected chi connectivity index (χ3v) is 2.67. The number of hydrogen-bond donors (Lipinski definition) is 2. The van der Waals surface area contributed by atoms with Gasteiger partial charge in [-0.15, -0.1) is 0 Å². The Hall–Kier alpha value is -2.69. The Morgan fingerprint density at radius 1 is 0.895 bits per heavy atom. The number of hydrogen-bond acceptors (Lipinski definition) is 2. The predicted molar refractivity (Wildman–Crippen MR) is 65.8 cm³/mol. The van der Waals surface area contributed by atoms with Crippen molar-refractivity contribution >= 4 is 11.9 Å². The minimum atomic E-state index is -1.37. The number of rotatable bonds is 3. The van der Waals surface area contributed by atoms with Gasteiger partial charge in [-0.05, 0) is 23.8 Å². The molecule has 0 fully saturated rings. The number of carboxylic acids is 2. The first-order valence-corrected chi connectivity index (χ1v) is 5.36. The fourth-order valence-corrected chi connectivity index (χ4v) is 1.77. The van der Waals surface area contributed by atoms with Crippen LogP contribution in [0, 0.1) is 5.82 Å². The van der Waals surface area contributed by atoms with Gasteiger partial charge in [0.1, 0.15) is 5.82 Å². The van der Waals surface area contributed by atoms with Crippen molar-refractivity contribution in [3.63, 3.8) is 0 Å². The van der Waals surface area contributed by atoms with E-state index in [1.165, 1.54) is 24.3 Å². The first-order chi connectivity index (χ1) is 9.00. The maximum Gasteiger partial charge on any atom is 0.336 e. The molecule has 2 rings (SSSR count). The van der Waals surface area contributed by atoms with Crippen molar-refractivity contribution in [2.45, 2.75) is 0 Å². The van der Waals surface area contributed by atoms with Crippen LogP contribution in [0.4, 0.5) is 4.39 Å². The highest BCUT2D eigenvalue weighted by atomic mass is 19.1. The van der Waals surface area contributed by atoms with Gasteiger partial charge in [0.2, 0.25) is 0 Å². The highest BCUT2D eigenvalue weighted by Gasteiger charge is 2.17. The molecule has 0 amide bonds. The van der Waals surface area contributed by atoms with E-state index in [0.717, 1.165) is 12.1 Å².